The fraction of sp³-hybridized carbons (Fsp3) is 0.435. The van der Waals surface area contributed by atoms with Crippen LogP contribution in [-0.4, -0.2) is 23.2 Å². The van der Waals surface area contributed by atoms with Gasteiger partial charge in [0.15, 0.2) is 0 Å². The Bertz CT molecular complexity index is 847. The highest BCUT2D eigenvalue weighted by atomic mass is 79.9. The molecule has 2 aromatic carbocycles. The van der Waals surface area contributed by atoms with Crippen LogP contribution in [0.4, 0.5) is 4.39 Å². The normalized spacial score (nSPS) is 26.9. The molecule has 0 amide bonds. The SMILES string of the molecule is C[C@H]1CC(C(=O)OCc2ccccc2)C(Cc2cccc(Br)c2F)C(N)(CO)C1. The van der Waals surface area contributed by atoms with E-state index in [0.29, 0.717) is 22.9 Å². The molecule has 1 fully saturated rings. The van der Waals surface area contributed by atoms with Crippen molar-refractivity contribution in [1.29, 1.82) is 0 Å². The van der Waals surface area contributed by atoms with E-state index in [1.165, 1.54) is 0 Å². The van der Waals surface area contributed by atoms with Crippen LogP contribution in [0.1, 0.15) is 30.9 Å². The fourth-order valence-corrected chi connectivity index (χ4v) is 4.86. The first-order valence-electron chi connectivity index (χ1n) is 9.87. The average molecular weight is 464 g/mol. The first-order chi connectivity index (χ1) is 13.8. The number of aliphatic hydroxyl groups is 1. The molecule has 0 spiro atoms. The second-order valence-corrected chi connectivity index (χ2v) is 9.01. The van der Waals surface area contributed by atoms with Gasteiger partial charge in [-0.3, -0.25) is 4.79 Å². The number of benzene rings is 2. The van der Waals surface area contributed by atoms with E-state index >= 15 is 0 Å². The quantitative estimate of drug-likeness (QED) is 0.628. The highest BCUT2D eigenvalue weighted by Gasteiger charge is 2.48. The van der Waals surface area contributed by atoms with Crippen LogP contribution < -0.4 is 5.73 Å². The van der Waals surface area contributed by atoms with Gasteiger partial charge in [0.05, 0.1) is 17.0 Å². The van der Waals surface area contributed by atoms with Crippen molar-refractivity contribution in [2.75, 3.05) is 6.61 Å². The summed E-state index contributed by atoms with van der Waals surface area (Å²) in [6.45, 7) is 1.93. The van der Waals surface area contributed by atoms with Gasteiger partial charge in [-0.15, -0.1) is 0 Å². The fourth-order valence-electron chi connectivity index (χ4n) is 4.45. The summed E-state index contributed by atoms with van der Waals surface area (Å²) in [6.07, 6.45) is 1.44. The number of carbonyl (C=O) groups is 1. The second-order valence-electron chi connectivity index (χ2n) is 8.16. The van der Waals surface area contributed by atoms with Crippen molar-refractivity contribution in [1.82, 2.24) is 0 Å². The number of ether oxygens (including phenoxy) is 1. The Balaban J connectivity index is 1.84. The zero-order valence-electron chi connectivity index (χ0n) is 16.5. The van der Waals surface area contributed by atoms with Gasteiger partial charge in [-0.1, -0.05) is 49.4 Å². The number of aliphatic hydroxyl groups excluding tert-OH is 1. The Hall–Kier alpha value is -1.76. The summed E-state index contributed by atoms with van der Waals surface area (Å²) in [4.78, 5) is 13.0. The summed E-state index contributed by atoms with van der Waals surface area (Å²) < 4.78 is 20.6. The van der Waals surface area contributed by atoms with E-state index in [9.17, 15) is 14.3 Å². The van der Waals surface area contributed by atoms with Crippen molar-refractivity contribution < 1.29 is 19.0 Å². The minimum Gasteiger partial charge on any atom is -0.461 e. The molecular weight excluding hydrogens is 437 g/mol. The monoisotopic (exact) mass is 463 g/mol. The van der Waals surface area contributed by atoms with Gasteiger partial charge in [0.2, 0.25) is 0 Å². The molecule has 3 rings (SSSR count). The van der Waals surface area contributed by atoms with Crippen molar-refractivity contribution in [2.24, 2.45) is 23.5 Å². The maximum Gasteiger partial charge on any atom is 0.309 e. The molecule has 0 saturated heterocycles. The van der Waals surface area contributed by atoms with Gasteiger partial charge in [-0.2, -0.15) is 0 Å². The third-order valence-corrected chi connectivity index (χ3v) is 6.51. The summed E-state index contributed by atoms with van der Waals surface area (Å²) in [5.74, 6) is -1.47. The van der Waals surface area contributed by atoms with Crippen LogP contribution in [-0.2, 0) is 22.6 Å². The van der Waals surface area contributed by atoms with E-state index in [1.54, 1.807) is 18.2 Å². The number of hydrogen-bond acceptors (Lipinski definition) is 4. The van der Waals surface area contributed by atoms with Crippen molar-refractivity contribution >= 4 is 21.9 Å². The maximum atomic E-state index is 14.6. The van der Waals surface area contributed by atoms with Crippen molar-refractivity contribution in [3.05, 3.63) is 69.9 Å². The molecule has 1 saturated carbocycles. The molecule has 29 heavy (non-hydrogen) atoms. The summed E-state index contributed by atoms with van der Waals surface area (Å²) in [5, 5.41) is 10.1. The molecule has 0 heterocycles. The molecule has 2 aromatic rings. The Kier molecular flexibility index (Phi) is 7.09. The molecule has 3 unspecified atom stereocenters. The molecule has 0 aromatic heterocycles. The molecule has 0 bridgehead atoms. The topological polar surface area (TPSA) is 72.5 Å². The maximum absolute atomic E-state index is 14.6. The molecule has 3 N–H and O–H groups in total. The number of esters is 1. The predicted molar refractivity (Wildman–Crippen MR) is 113 cm³/mol. The Labute approximate surface area is 179 Å². The van der Waals surface area contributed by atoms with Gasteiger partial charge in [0, 0.05) is 5.54 Å². The van der Waals surface area contributed by atoms with Gasteiger partial charge in [0.25, 0.3) is 0 Å². The van der Waals surface area contributed by atoms with Crippen LogP contribution in [0.15, 0.2) is 53.0 Å². The lowest BCUT2D eigenvalue weighted by molar-refractivity contribution is -0.156. The minimum absolute atomic E-state index is 0.157. The molecular formula is C23H27BrFNO3. The smallest absolute Gasteiger partial charge is 0.309 e. The van der Waals surface area contributed by atoms with Crippen LogP contribution in [0.5, 0.6) is 0 Å². The number of carbonyl (C=O) groups excluding carboxylic acids is 1. The highest BCUT2D eigenvalue weighted by Crippen LogP contribution is 2.42. The number of rotatable bonds is 6. The summed E-state index contributed by atoms with van der Waals surface area (Å²) in [5.41, 5.74) is 6.98. The van der Waals surface area contributed by atoms with Crippen LogP contribution in [0.25, 0.3) is 0 Å². The van der Waals surface area contributed by atoms with Gasteiger partial charge < -0.3 is 15.6 Å². The average Bonchev–Trinajstić information content (AvgIpc) is 2.71. The third-order valence-electron chi connectivity index (χ3n) is 5.90. The summed E-state index contributed by atoms with van der Waals surface area (Å²) in [7, 11) is 0. The van der Waals surface area contributed by atoms with Crippen LogP contribution in [0.3, 0.4) is 0 Å². The third kappa shape index (κ3) is 5.05. The lowest BCUT2D eigenvalue weighted by Gasteiger charge is -2.46. The standard InChI is InChI=1S/C23H27BrFNO3/c1-15-10-18(22(28)29-13-16-6-3-2-4-7-16)19(23(26,12-15)14-27)11-17-8-5-9-20(24)21(17)25/h2-9,15,18-19,27H,10-14,26H2,1H3/t15-,18?,19?,23?/m0/s1. The van der Waals surface area contributed by atoms with Crippen LogP contribution in [0, 0.1) is 23.6 Å². The van der Waals surface area contributed by atoms with Crippen molar-refractivity contribution in [2.45, 2.75) is 38.3 Å². The number of hydrogen-bond donors (Lipinski definition) is 2. The summed E-state index contributed by atoms with van der Waals surface area (Å²) >= 11 is 3.21. The minimum atomic E-state index is -0.969. The zero-order valence-corrected chi connectivity index (χ0v) is 18.1. The van der Waals surface area contributed by atoms with E-state index in [4.69, 9.17) is 10.5 Å². The number of halogens is 2. The lowest BCUT2D eigenvalue weighted by atomic mass is 9.62. The Morgan fingerprint density at radius 2 is 2.00 bits per heavy atom. The van der Waals surface area contributed by atoms with E-state index in [-0.39, 0.29) is 37.3 Å². The molecule has 156 valence electrons. The predicted octanol–water partition coefficient (Wildman–Crippen LogP) is 4.23. The Morgan fingerprint density at radius 3 is 2.69 bits per heavy atom. The zero-order chi connectivity index (χ0) is 21.0. The van der Waals surface area contributed by atoms with Crippen molar-refractivity contribution in [3.63, 3.8) is 0 Å². The molecule has 1 aliphatic carbocycles. The van der Waals surface area contributed by atoms with Gasteiger partial charge in [-0.25, -0.2) is 4.39 Å². The highest BCUT2D eigenvalue weighted by molar-refractivity contribution is 9.10. The second kappa shape index (κ2) is 9.37. The van der Waals surface area contributed by atoms with Crippen molar-refractivity contribution in [3.8, 4) is 0 Å². The molecule has 1 aliphatic rings. The van der Waals surface area contributed by atoms with Gasteiger partial charge >= 0.3 is 5.97 Å². The summed E-state index contributed by atoms with van der Waals surface area (Å²) in [6, 6.07) is 14.6. The van der Waals surface area contributed by atoms with Gasteiger partial charge in [0.1, 0.15) is 12.4 Å². The molecule has 0 radical (unpaired) electrons. The van der Waals surface area contributed by atoms with E-state index in [0.717, 1.165) is 5.56 Å². The van der Waals surface area contributed by atoms with Crippen LogP contribution in [0.2, 0.25) is 0 Å². The van der Waals surface area contributed by atoms with E-state index in [2.05, 4.69) is 15.9 Å². The largest absolute Gasteiger partial charge is 0.461 e. The molecule has 4 atom stereocenters. The molecule has 4 nitrogen and oxygen atoms in total. The Morgan fingerprint density at radius 1 is 1.28 bits per heavy atom. The van der Waals surface area contributed by atoms with Gasteiger partial charge in [-0.05, 0) is 64.2 Å². The lowest BCUT2D eigenvalue weighted by Crippen LogP contribution is -2.59. The first-order valence-corrected chi connectivity index (χ1v) is 10.7. The first kappa shape index (κ1) is 21.9. The number of nitrogens with two attached hydrogens (primary N) is 1. The van der Waals surface area contributed by atoms with Crippen LogP contribution >= 0.6 is 15.9 Å². The van der Waals surface area contributed by atoms with E-state index < -0.39 is 17.4 Å². The van der Waals surface area contributed by atoms with E-state index in [1.807, 2.05) is 37.3 Å². The molecule has 0 aliphatic heterocycles. The molecule has 6 heteroatoms.